The van der Waals surface area contributed by atoms with E-state index in [1.807, 2.05) is 18.2 Å². The van der Waals surface area contributed by atoms with Gasteiger partial charge in [-0.1, -0.05) is 26.8 Å². The minimum absolute atomic E-state index is 0.0144. The van der Waals surface area contributed by atoms with Crippen molar-refractivity contribution >= 4 is 29.7 Å². The van der Waals surface area contributed by atoms with Crippen molar-refractivity contribution in [2.75, 3.05) is 26.1 Å². The zero-order chi connectivity index (χ0) is 18.6. The van der Waals surface area contributed by atoms with Gasteiger partial charge >= 0.3 is 5.97 Å². The largest absolute Gasteiger partial charge is 0.426 e. The first-order valence-corrected chi connectivity index (χ1v) is 9.16. The average Bonchev–Trinajstić information content (AvgIpc) is 2.51. The third-order valence-electron chi connectivity index (χ3n) is 3.76. The van der Waals surface area contributed by atoms with E-state index in [-0.39, 0.29) is 17.3 Å². The van der Waals surface area contributed by atoms with Gasteiger partial charge < -0.3 is 14.4 Å². The molecular weight excluding hydrogens is 338 g/mol. The molecule has 1 heterocycles. The van der Waals surface area contributed by atoms with E-state index in [1.165, 1.54) is 6.92 Å². The van der Waals surface area contributed by atoms with Gasteiger partial charge in [0.1, 0.15) is 12.5 Å². The van der Waals surface area contributed by atoms with Crippen molar-refractivity contribution in [1.82, 2.24) is 4.90 Å². The van der Waals surface area contributed by atoms with E-state index in [4.69, 9.17) is 9.47 Å². The average molecular weight is 363 g/mol. The van der Waals surface area contributed by atoms with E-state index in [9.17, 15) is 9.59 Å². The van der Waals surface area contributed by atoms with Gasteiger partial charge in [-0.15, -0.1) is 11.8 Å². The Hall–Kier alpha value is -1.79. The molecule has 1 fully saturated rings. The topological polar surface area (TPSA) is 55.8 Å². The predicted molar refractivity (Wildman–Crippen MR) is 100 cm³/mol. The Bertz CT molecular complexity index is 689. The van der Waals surface area contributed by atoms with E-state index in [1.54, 1.807) is 29.8 Å². The van der Waals surface area contributed by atoms with Crippen LogP contribution in [0.4, 0.5) is 0 Å². The molecule has 1 aliphatic heterocycles. The van der Waals surface area contributed by atoms with Crippen LogP contribution in [0.5, 0.6) is 5.75 Å². The minimum atomic E-state index is -0.343. The lowest BCUT2D eigenvalue weighted by molar-refractivity contribution is -0.132. The molecule has 1 aliphatic rings. The van der Waals surface area contributed by atoms with Crippen molar-refractivity contribution in [2.24, 2.45) is 0 Å². The maximum absolute atomic E-state index is 12.5. The Kier molecular flexibility index (Phi) is 6.30. The fourth-order valence-corrected chi connectivity index (χ4v) is 3.59. The molecule has 0 aliphatic carbocycles. The summed E-state index contributed by atoms with van der Waals surface area (Å²) in [5.74, 6) is 1.05. The van der Waals surface area contributed by atoms with Gasteiger partial charge in [-0.2, -0.15) is 0 Å². The Morgan fingerprint density at radius 3 is 2.68 bits per heavy atom. The second-order valence-corrected chi connectivity index (χ2v) is 8.08. The van der Waals surface area contributed by atoms with Gasteiger partial charge in [0.05, 0.1) is 4.91 Å². The smallest absolute Gasteiger partial charge is 0.308 e. The van der Waals surface area contributed by atoms with Gasteiger partial charge in [-0.25, -0.2) is 0 Å². The maximum atomic E-state index is 12.5. The molecule has 0 spiro atoms. The van der Waals surface area contributed by atoms with Crippen molar-refractivity contribution in [3.63, 3.8) is 0 Å². The summed E-state index contributed by atoms with van der Waals surface area (Å²) in [6.45, 7) is 8.57. The van der Waals surface area contributed by atoms with E-state index in [0.29, 0.717) is 23.9 Å². The molecule has 25 heavy (non-hydrogen) atoms. The molecule has 6 heteroatoms. The quantitative estimate of drug-likeness (QED) is 0.466. The number of benzene rings is 1. The van der Waals surface area contributed by atoms with Crippen LogP contribution in [0, 0.1) is 0 Å². The van der Waals surface area contributed by atoms with Crippen LogP contribution >= 0.6 is 11.8 Å². The van der Waals surface area contributed by atoms with Crippen molar-refractivity contribution in [3.8, 4) is 5.75 Å². The summed E-state index contributed by atoms with van der Waals surface area (Å²) in [7, 11) is 1.59. The zero-order valence-corrected chi connectivity index (χ0v) is 16.2. The van der Waals surface area contributed by atoms with Crippen LogP contribution in [0.2, 0.25) is 0 Å². The molecule has 2 rings (SSSR count). The molecule has 1 aromatic rings. The van der Waals surface area contributed by atoms with Gasteiger partial charge in [-0.05, 0) is 29.2 Å². The Morgan fingerprint density at radius 2 is 2.08 bits per heavy atom. The number of nitrogens with zero attached hydrogens (tertiary/aromatic N) is 1. The highest BCUT2D eigenvalue weighted by molar-refractivity contribution is 8.04. The lowest BCUT2D eigenvalue weighted by Gasteiger charge is -2.27. The number of carbonyl (C=O) groups is 2. The summed E-state index contributed by atoms with van der Waals surface area (Å²) in [5.41, 5.74) is 1.65. The molecule has 0 atom stereocenters. The Balaban J connectivity index is 2.36. The Morgan fingerprint density at radius 1 is 1.36 bits per heavy atom. The molecule has 0 bridgehead atoms. The second kappa shape index (κ2) is 8.06. The molecular formula is C19H25NO4S. The highest BCUT2D eigenvalue weighted by Crippen LogP contribution is 2.34. The number of carbonyl (C=O) groups excluding carboxylic acids is 2. The van der Waals surface area contributed by atoms with Gasteiger partial charge in [0, 0.05) is 31.9 Å². The number of hydrogen-bond acceptors (Lipinski definition) is 5. The van der Waals surface area contributed by atoms with Crippen LogP contribution in [-0.4, -0.2) is 42.9 Å². The number of esters is 1. The van der Waals surface area contributed by atoms with E-state index in [2.05, 4.69) is 20.8 Å². The molecule has 0 saturated carbocycles. The normalized spacial score (nSPS) is 17.1. The minimum Gasteiger partial charge on any atom is -0.426 e. The molecule has 136 valence electrons. The second-order valence-electron chi connectivity index (χ2n) is 6.94. The number of ether oxygens (including phenoxy) is 2. The van der Waals surface area contributed by atoms with Crippen LogP contribution in [0.15, 0.2) is 23.1 Å². The summed E-state index contributed by atoms with van der Waals surface area (Å²) in [6.07, 6.45) is 1.89. The van der Waals surface area contributed by atoms with Crippen molar-refractivity contribution in [2.45, 2.75) is 33.1 Å². The third kappa shape index (κ3) is 5.09. The molecule has 1 amide bonds. The number of amides is 1. The number of methoxy groups -OCH3 is 1. The standard InChI is InChI=1S/C19H25NO4S/c1-13(21)24-16-7-6-14(10-15(16)19(2,3)4)11-17-18(22)20(12-23-5)8-9-25-17/h6-7,10-11H,8-9,12H2,1-5H3. The zero-order valence-electron chi connectivity index (χ0n) is 15.4. The van der Waals surface area contributed by atoms with Crippen LogP contribution in [0.3, 0.4) is 0 Å². The summed E-state index contributed by atoms with van der Waals surface area (Å²) in [6, 6.07) is 5.64. The monoisotopic (exact) mass is 363 g/mol. The first-order chi connectivity index (χ1) is 11.7. The highest BCUT2D eigenvalue weighted by atomic mass is 32.2. The van der Waals surface area contributed by atoms with Crippen LogP contribution in [0.1, 0.15) is 38.8 Å². The van der Waals surface area contributed by atoms with Gasteiger partial charge in [0.2, 0.25) is 0 Å². The molecule has 0 unspecified atom stereocenters. The van der Waals surface area contributed by atoms with E-state index >= 15 is 0 Å². The highest BCUT2D eigenvalue weighted by Gasteiger charge is 2.24. The van der Waals surface area contributed by atoms with Gasteiger partial charge in [0.25, 0.3) is 5.91 Å². The summed E-state index contributed by atoms with van der Waals surface area (Å²) < 4.78 is 10.4. The Labute approximate surface area is 153 Å². The summed E-state index contributed by atoms with van der Waals surface area (Å²) in [4.78, 5) is 26.2. The fraction of sp³-hybridized carbons (Fsp3) is 0.474. The molecule has 5 nitrogen and oxygen atoms in total. The lowest BCUT2D eigenvalue weighted by atomic mass is 9.85. The maximum Gasteiger partial charge on any atom is 0.308 e. The van der Waals surface area contributed by atoms with Crippen LogP contribution in [0.25, 0.3) is 6.08 Å². The van der Waals surface area contributed by atoms with Gasteiger partial charge in [0.15, 0.2) is 0 Å². The molecule has 1 saturated heterocycles. The predicted octanol–water partition coefficient (Wildman–Crippen LogP) is 3.43. The fourth-order valence-electron chi connectivity index (χ4n) is 2.59. The first-order valence-electron chi connectivity index (χ1n) is 8.18. The van der Waals surface area contributed by atoms with Gasteiger partial charge in [-0.3, -0.25) is 9.59 Å². The summed E-state index contributed by atoms with van der Waals surface area (Å²) >= 11 is 1.55. The molecule has 1 aromatic carbocycles. The van der Waals surface area contributed by atoms with Crippen molar-refractivity contribution in [1.29, 1.82) is 0 Å². The molecule has 0 radical (unpaired) electrons. The third-order valence-corrected chi connectivity index (χ3v) is 4.75. The first kappa shape index (κ1) is 19.5. The van der Waals surface area contributed by atoms with Crippen LogP contribution < -0.4 is 4.74 Å². The number of thioether (sulfide) groups is 1. The van der Waals surface area contributed by atoms with Crippen LogP contribution in [-0.2, 0) is 19.7 Å². The van der Waals surface area contributed by atoms with Crippen molar-refractivity contribution < 1.29 is 19.1 Å². The van der Waals surface area contributed by atoms with E-state index < -0.39 is 0 Å². The SMILES string of the molecule is COCN1CCSC(=Cc2ccc(OC(C)=O)c(C(C)(C)C)c2)C1=O. The van der Waals surface area contributed by atoms with E-state index in [0.717, 1.165) is 16.9 Å². The number of rotatable bonds is 4. The lowest BCUT2D eigenvalue weighted by Crippen LogP contribution is -2.38. The number of hydrogen-bond donors (Lipinski definition) is 0. The molecule has 0 N–H and O–H groups in total. The molecule has 0 aromatic heterocycles. The van der Waals surface area contributed by atoms with Crippen molar-refractivity contribution in [3.05, 3.63) is 34.2 Å². The summed E-state index contributed by atoms with van der Waals surface area (Å²) in [5, 5.41) is 0.